The Kier molecular flexibility index (Phi) is 6.42. The van der Waals surface area contributed by atoms with Crippen molar-refractivity contribution < 1.29 is 9.53 Å². The third-order valence-corrected chi connectivity index (χ3v) is 6.98. The number of amides is 1. The van der Waals surface area contributed by atoms with Gasteiger partial charge in [-0.25, -0.2) is 9.97 Å². The van der Waals surface area contributed by atoms with Gasteiger partial charge >= 0.3 is 0 Å². The standard InChI is InChI=1S/C24H36N4O2/c1-18(2)17-28-21(26-20-7-6-12-25-23(20)28)15-24(10-4-5-11-24)16-22(29)27-13-8-19(30-3)9-14-27/h6-7,12,18-19H,4-5,8-11,13-17H2,1-3H3. The van der Waals surface area contributed by atoms with Gasteiger partial charge in [-0.2, -0.15) is 0 Å². The van der Waals surface area contributed by atoms with E-state index >= 15 is 0 Å². The monoisotopic (exact) mass is 412 g/mol. The van der Waals surface area contributed by atoms with E-state index in [2.05, 4.69) is 34.4 Å². The maximum atomic E-state index is 13.2. The molecule has 1 aliphatic heterocycles. The van der Waals surface area contributed by atoms with Crippen LogP contribution in [-0.2, 0) is 22.5 Å². The first-order valence-corrected chi connectivity index (χ1v) is 11.6. The van der Waals surface area contributed by atoms with Gasteiger partial charge in [-0.05, 0) is 49.1 Å². The van der Waals surface area contributed by atoms with Gasteiger partial charge in [0, 0.05) is 45.8 Å². The Bertz CT molecular complexity index is 861. The molecule has 1 amide bonds. The van der Waals surface area contributed by atoms with E-state index in [0.29, 0.717) is 24.3 Å². The summed E-state index contributed by atoms with van der Waals surface area (Å²) < 4.78 is 7.77. The highest BCUT2D eigenvalue weighted by Gasteiger charge is 2.39. The number of aromatic nitrogens is 3. The molecule has 164 valence electrons. The van der Waals surface area contributed by atoms with Gasteiger partial charge in [0.05, 0.1) is 6.10 Å². The summed E-state index contributed by atoms with van der Waals surface area (Å²) in [5.41, 5.74) is 1.97. The highest BCUT2D eigenvalue weighted by Crippen LogP contribution is 2.44. The number of methoxy groups -OCH3 is 1. The summed E-state index contributed by atoms with van der Waals surface area (Å²) in [5.74, 6) is 1.94. The zero-order valence-corrected chi connectivity index (χ0v) is 18.8. The summed E-state index contributed by atoms with van der Waals surface area (Å²) >= 11 is 0. The maximum Gasteiger partial charge on any atom is 0.223 e. The normalized spacial score (nSPS) is 19.8. The number of carbonyl (C=O) groups is 1. The van der Waals surface area contributed by atoms with E-state index in [1.807, 2.05) is 12.3 Å². The van der Waals surface area contributed by atoms with E-state index in [9.17, 15) is 4.79 Å². The molecule has 0 N–H and O–H groups in total. The predicted molar refractivity (Wildman–Crippen MR) is 118 cm³/mol. The number of carbonyl (C=O) groups excluding carboxylic acids is 1. The van der Waals surface area contributed by atoms with Gasteiger partial charge in [-0.3, -0.25) is 4.79 Å². The molecular formula is C24H36N4O2. The largest absolute Gasteiger partial charge is 0.381 e. The summed E-state index contributed by atoms with van der Waals surface area (Å²) in [6.07, 6.45) is 10.2. The minimum absolute atomic E-state index is 0.0330. The van der Waals surface area contributed by atoms with E-state index in [0.717, 1.165) is 68.7 Å². The van der Waals surface area contributed by atoms with Crippen molar-refractivity contribution in [1.82, 2.24) is 19.4 Å². The van der Waals surface area contributed by atoms with Gasteiger partial charge in [-0.15, -0.1) is 0 Å². The second kappa shape index (κ2) is 9.04. The fraction of sp³-hybridized carbons (Fsp3) is 0.708. The van der Waals surface area contributed by atoms with Crippen molar-refractivity contribution in [2.24, 2.45) is 11.3 Å². The number of likely N-dealkylation sites (tertiary alicyclic amines) is 1. The molecule has 0 unspecified atom stereocenters. The molecule has 1 aliphatic carbocycles. The number of nitrogens with zero attached hydrogens (tertiary/aromatic N) is 4. The van der Waals surface area contributed by atoms with Crippen molar-refractivity contribution in [3.8, 4) is 0 Å². The second-order valence-corrected chi connectivity index (χ2v) is 9.76. The second-order valence-electron chi connectivity index (χ2n) is 9.76. The Morgan fingerprint density at radius 2 is 2.00 bits per heavy atom. The summed E-state index contributed by atoms with van der Waals surface area (Å²) in [6, 6.07) is 4.01. The Hall–Kier alpha value is -1.95. The summed E-state index contributed by atoms with van der Waals surface area (Å²) in [5, 5.41) is 0. The Morgan fingerprint density at radius 3 is 2.67 bits per heavy atom. The first-order chi connectivity index (χ1) is 14.5. The molecule has 2 fully saturated rings. The van der Waals surface area contributed by atoms with Crippen LogP contribution in [0.3, 0.4) is 0 Å². The summed E-state index contributed by atoms with van der Waals surface area (Å²) in [4.78, 5) is 24.9. The Balaban J connectivity index is 1.54. The average molecular weight is 413 g/mol. The van der Waals surface area contributed by atoms with Crippen LogP contribution >= 0.6 is 0 Å². The number of ether oxygens (including phenoxy) is 1. The van der Waals surface area contributed by atoms with Crippen LogP contribution in [0, 0.1) is 11.3 Å². The minimum Gasteiger partial charge on any atom is -0.381 e. The van der Waals surface area contributed by atoms with Crippen LogP contribution in [0.2, 0.25) is 0 Å². The Labute approximate surface area is 180 Å². The summed E-state index contributed by atoms with van der Waals surface area (Å²) in [7, 11) is 1.77. The van der Waals surface area contributed by atoms with Gasteiger partial charge in [0.2, 0.25) is 5.91 Å². The zero-order chi connectivity index (χ0) is 21.1. The molecule has 2 aromatic rings. The quantitative estimate of drug-likeness (QED) is 0.683. The van der Waals surface area contributed by atoms with Crippen molar-refractivity contribution in [3.05, 3.63) is 24.2 Å². The average Bonchev–Trinajstić information content (AvgIpc) is 3.33. The molecule has 1 saturated heterocycles. The summed E-state index contributed by atoms with van der Waals surface area (Å²) in [6.45, 7) is 7.03. The third-order valence-electron chi connectivity index (χ3n) is 6.98. The number of imidazole rings is 1. The molecule has 3 heterocycles. The molecule has 2 aliphatic rings. The number of piperidine rings is 1. The fourth-order valence-corrected chi connectivity index (χ4v) is 5.35. The molecule has 6 nitrogen and oxygen atoms in total. The predicted octanol–water partition coefficient (Wildman–Crippen LogP) is 4.22. The third kappa shape index (κ3) is 4.53. The van der Waals surface area contributed by atoms with Gasteiger partial charge in [0.15, 0.2) is 5.65 Å². The first kappa shape index (κ1) is 21.3. The number of pyridine rings is 1. The number of rotatable bonds is 7. The lowest BCUT2D eigenvalue weighted by atomic mass is 9.78. The number of hydrogen-bond donors (Lipinski definition) is 0. The highest BCUT2D eigenvalue weighted by molar-refractivity contribution is 5.77. The lowest BCUT2D eigenvalue weighted by molar-refractivity contribution is -0.136. The van der Waals surface area contributed by atoms with Crippen molar-refractivity contribution in [3.63, 3.8) is 0 Å². The van der Waals surface area contributed by atoms with Gasteiger partial charge in [-0.1, -0.05) is 26.7 Å². The van der Waals surface area contributed by atoms with E-state index in [1.165, 1.54) is 12.8 Å². The van der Waals surface area contributed by atoms with Crippen LogP contribution in [0.4, 0.5) is 0 Å². The fourth-order valence-electron chi connectivity index (χ4n) is 5.35. The first-order valence-electron chi connectivity index (χ1n) is 11.6. The van der Waals surface area contributed by atoms with Crippen LogP contribution in [0.1, 0.15) is 64.6 Å². The molecule has 0 aromatic carbocycles. The van der Waals surface area contributed by atoms with Crippen LogP contribution in [0.5, 0.6) is 0 Å². The van der Waals surface area contributed by atoms with E-state index in [4.69, 9.17) is 9.72 Å². The SMILES string of the molecule is COC1CCN(C(=O)CC2(Cc3nc4cccnc4n3CC(C)C)CCCC2)CC1. The van der Waals surface area contributed by atoms with Gasteiger partial charge in [0.25, 0.3) is 0 Å². The van der Waals surface area contributed by atoms with E-state index in [-0.39, 0.29) is 5.41 Å². The van der Waals surface area contributed by atoms with Crippen LogP contribution in [-0.4, -0.2) is 51.6 Å². The Morgan fingerprint density at radius 1 is 1.27 bits per heavy atom. The van der Waals surface area contributed by atoms with Gasteiger partial charge in [0.1, 0.15) is 11.3 Å². The lowest BCUT2D eigenvalue weighted by Crippen LogP contribution is -2.42. The van der Waals surface area contributed by atoms with Crippen LogP contribution in [0.25, 0.3) is 11.2 Å². The topological polar surface area (TPSA) is 60.2 Å². The molecular weight excluding hydrogens is 376 g/mol. The van der Waals surface area contributed by atoms with Crippen LogP contribution in [0.15, 0.2) is 18.3 Å². The number of hydrogen-bond acceptors (Lipinski definition) is 4. The molecule has 6 heteroatoms. The molecule has 0 spiro atoms. The van der Waals surface area contributed by atoms with Crippen molar-refractivity contribution >= 4 is 17.1 Å². The minimum atomic E-state index is 0.0330. The molecule has 0 atom stereocenters. The number of fused-ring (bicyclic) bond motifs is 1. The van der Waals surface area contributed by atoms with Crippen molar-refractivity contribution in [2.45, 2.75) is 77.9 Å². The van der Waals surface area contributed by atoms with Crippen molar-refractivity contribution in [2.75, 3.05) is 20.2 Å². The molecule has 4 rings (SSSR count). The van der Waals surface area contributed by atoms with Gasteiger partial charge < -0.3 is 14.2 Å². The smallest absolute Gasteiger partial charge is 0.223 e. The maximum absolute atomic E-state index is 13.2. The highest BCUT2D eigenvalue weighted by atomic mass is 16.5. The van der Waals surface area contributed by atoms with Crippen LogP contribution < -0.4 is 0 Å². The van der Waals surface area contributed by atoms with E-state index < -0.39 is 0 Å². The molecule has 1 saturated carbocycles. The van der Waals surface area contributed by atoms with Crippen molar-refractivity contribution in [1.29, 1.82) is 0 Å². The molecule has 0 radical (unpaired) electrons. The molecule has 2 aromatic heterocycles. The zero-order valence-electron chi connectivity index (χ0n) is 18.8. The van der Waals surface area contributed by atoms with E-state index in [1.54, 1.807) is 7.11 Å². The molecule has 30 heavy (non-hydrogen) atoms. The molecule has 0 bridgehead atoms. The lowest BCUT2D eigenvalue weighted by Gasteiger charge is -2.35.